The molecule has 0 aliphatic rings. The Morgan fingerprint density at radius 1 is 1.05 bits per heavy atom. The molecule has 0 fully saturated rings. The molecule has 3 heteroatoms. The topological polar surface area (TPSA) is 38.7 Å². The van der Waals surface area contributed by atoms with Crippen LogP contribution in [0.5, 0.6) is 5.75 Å². The van der Waals surface area contributed by atoms with Crippen molar-refractivity contribution in [1.29, 1.82) is 0 Å². The Hall–Kier alpha value is -2.42. The van der Waals surface area contributed by atoms with Crippen molar-refractivity contribution in [2.45, 2.75) is 6.92 Å². The maximum absolute atomic E-state index is 10.6. The largest absolute Gasteiger partial charge is 0.497 e. The summed E-state index contributed by atoms with van der Waals surface area (Å²) in [5.41, 5.74) is 3.45. The van der Waals surface area contributed by atoms with Gasteiger partial charge >= 0.3 is 0 Å². The van der Waals surface area contributed by atoms with Crippen molar-refractivity contribution in [3.8, 4) is 5.75 Å². The van der Waals surface area contributed by atoms with Gasteiger partial charge in [0, 0.05) is 11.3 Å². The molecule has 96 valence electrons. The number of carbonyl (C=O) groups is 1. The predicted molar refractivity (Wildman–Crippen MR) is 76.7 cm³/mol. The second-order valence-corrected chi connectivity index (χ2v) is 4.14. The molecule has 0 unspecified atom stereocenters. The Morgan fingerprint density at radius 2 is 1.68 bits per heavy atom. The van der Waals surface area contributed by atoms with Crippen LogP contribution >= 0.6 is 0 Å². The van der Waals surface area contributed by atoms with Crippen LogP contribution in [0.25, 0.3) is 0 Å². The summed E-state index contributed by atoms with van der Waals surface area (Å²) in [7, 11) is 1.64. The van der Waals surface area contributed by atoms with Gasteiger partial charge < -0.3 is 4.74 Å². The normalized spacial score (nSPS) is 11.2. The van der Waals surface area contributed by atoms with Gasteiger partial charge in [0.15, 0.2) is 0 Å². The van der Waals surface area contributed by atoms with E-state index >= 15 is 0 Å². The highest BCUT2D eigenvalue weighted by Crippen LogP contribution is 2.19. The second-order valence-electron chi connectivity index (χ2n) is 4.14. The molecule has 19 heavy (non-hydrogen) atoms. The Bertz CT molecular complexity index is 583. The number of benzene rings is 2. The number of nitrogens with zero attached hydrogens (tertiary/aromatic N) is 1. The van der Waals surface area contributed by atoms with E-state index < -0.39 is 0 Å². The van der Waals surface area contributed by atoms with Crippen LogP contribution in [-0.2, 0) is 0 Å². The van der Waals surface area contributed by atoms with E-state index in [2.05, 4.69) is 4.99 Å². The van der Waals surface area contributed by atoms with Crippen LogP contribution in [0.4, 0.5) is 5.69 Å². The van der Waals surface area contributed by atoms with Crippen molar-refractivity contribution in [2.75, 3.05) is 7.11 Å². The van der Waals surface area contributed by atoms with Crippen molar-refractivity contribution in [1.82, 2.24) is 0 Å². The molecular formula is C16H15NO2. The van der Waals surface area contributed by atoms with E-state index in [1.165, 1.54) is 0 Å². The van der Waals surface area contributed by atoms with Gasteiger partial charge in [-0.2, -0.15) is 0 Å². The van der Waals surface area contributed by atoms with Gasteiger partial charge in [-0.1, -0.05) is 24.3 Å². The lowest BCUT2D eigenvalue weighted by atomic mass is 10.1. The monoisotopic (exact) mass is 253 g/mol. The molecule has 0 aromatic heterocycles. The van der Waals surface area contributed by atoms with Crippen molar-refractivity contribution in [3.63, 3.8) is 0 Å². The van der Waals surface area contributed by atoms with Gasteiger partial charge in [-0.3, -0.25) is 9.79 Å². The Balaban J connectivity index is 2.22. The molecule has 0 atom stereocenters. The first-order valence-electron chi connectivity index (χ1n) is 5.98. The Morgan fingerprint density at radius 3 is 2.21 bits per heavy atom. The van der Waals surface area contributed by atoms with Crippen LogP contribution < -0.4 is 4.74 Å². The van der Waals surface area contributed by atoms with E-state index in [9.17, 15) is 4.79 Å². The molecule has 0 amide bonds. The van der Waals surface area contributed by atoms with Gasteiger partial charge in [0.1, 0.15) is 12.0 Å². The number of ether oxygens (including phenoxy) is 1. The maximum Gasteiger partial charge on any atom is 0.150 e. The second kappa shape index (κ2) is 5.96. The molecule has 0 aliphatic carbocycles. The summed E-state index contributed by atoms with van der Waals surface area (Å²) in [6.45, 7) is 1.94. The molecule has 3 nitrogen and oxygen atoms in total. The fourth-order valence-corrected chi connectivity index (χ4v) is 1.72. The van der Waals surface area contributed by atoms with Crippen LogP contribution in [0.1, 0.15) is 22.8 Å². The minimum atomic E-state index is 0.668. The summed E-state index contributed by atoms with van der Waals surface area (Å²) in [4.78, 5) is 15.1. The fourth-order valence-electron chi connectivity index (χ4n) is 1.72. The molecule has 0 radical (unpaired) electrons. The van der Waals surface area contributed by atoms with Crippen LogP contribution in [0.15, 0.2) is 53.5 Å². The zero-order chi connectivity index (χ0) is 13.7. The van der Waals surface area contributed by atoms with Crippen LogP contribution in [0.2, 0.25) is 0 Å². The highest BCUT2D eigenvalue weighted by atomic mass is 16.5. The van der Waals surface area contributed by atoms with Crippen LogP contribution in [-0.4, -0.2) is 19.1 Å². The van der Waals surface area contributed by atoms with E-state index in [0.717, 1.165) is 29.0 Å². The SMILES string of the molecule is COc1ccc(N=C(C)c2ccc(C=O)cc2)cc1. The molecule has 0 spiro atoms. The number of aliphatic imine (C=N–C) groups is 1. The first-order valence-corrected chi connectivity index (χ1v) is 5.98. The molecule has 0 heterocycles. The van der Waals surface area contributed by atoms with Crippen LogP contribution in [0.3, 0.4) is 0 Å². The highest BCUT2D eigenvalue weighted by molar-refractivity contribution is 6.00. The lowest BCUT2D eigenvalue weighted by molar-refractivity contribution is 0.112. The molecule has 0 saturated heterocycles. The van der Waals surface area contributed by atoms with Gasteiger partial charge in [-0.15, -0.1) is 0 Å². The van der Waals surface area contributed by atoms with Crippen LogP contribution in [0, 0.1) is 0 Å². The number of carbonyl (C=O) groups excluding carboxylic acids is 1. The van der Waals surface area contributed by atoms with E-state index in [1.54, 1.807) is 19.2 Å². The van der Waals surface area contributed by atoms with E-state index in [-0.39, 0.29) is 0 Å². The van der Waals surface area contributed by atoms with E-state index in [1.807, 2.05) is 43.3 Å². The van der Waals surface area contributed by atoms with Gasteiger partial charge in [0.25, 0.3) is 0 Å². The first-order chi connectivity index (χ1) is 9.22. The van der Waals surface area contributed by atoms with Crippen molar-refractivity contribution >= 4 is 17.7 Å². The van der Waals surface area contributed by atoms with Gasteiger partial charge in [0.2, 0.25) is 0 Å². The quantitative estimate of drug-likeness (QED) is 0.616. The van der Waals surface area contributed by atoms with E-state index in [0.29, 0.717) is 5.56 Å². The first kappa shape index (κ1) is 13.0. The Kier molecular flexibility index (Phi) is 4.08. The molecule has 2 aromatic carbocycles. The average Bonchev–Trinajstić information content (AvgIpc) is 2.48. The molecule has 2 rings (SSSR count). The standard InChI is InChI=1S/C16H15NO2/c1-12(14-5-3-13(11-18)4-6-14)17-15-7-9-16(19-2)10-8-15/h3-11H,1-2H3. The van der Waals surface area contributed by atoms with Gasteiger partial charge in [-0.25, -0.2) is 0 Å². The summed E-state index contributed by atoms with van der Waals surface area (Å²) in [5, 5.41) is 0. The number of rotatable bonds is 4. The Labute approximate surface area is 112 Å². The summed E-state index contributed by atoms with van der Waals surface area (Å²) in [5.74, 6) is 0.812. The predicted octanol–water partition coefficient (Wildman–Crippen LogP) is 3.65. The summed E-state index contributed by atoms with van der Waals surface area (Å²) in [6, 6.07) is 14.9. The molecule has 0 saturated carbocycles. The van der Waals surface area contributed by atoms with Gasteiger partial charge in [0.05, 0.1) is 12.8 Å². The zero-order valence-corrected chi connectivity index (χ0v) is 11.0. The third-order valence-electron chi connectivity index (χ3n) is 2.83. The van der Waals surface area contributed by atoms with Crippen molar-refractivity contribution in [2.24, 2.45) is 4.99 Å². The average molecular weight is 253 g/mol. The summed E-state index contributed by atoms with van der Waals surface area (Å²) < 4.78 is 5.10. The summed E-state index contributed by atoms with van der Waals surface area (Å²) >= 11 is 0. The van der Waals surface area contributed by atoms with Gasteiger partial charge in [-0.05, 0) is 36.8 Å². The maximum atomic E-state index is 10.6. The molecular weight excluding hydrogens is 238 g/mol. The molecule has 0 aliphatic heterocycles. The van der Waals surface area contributed by atoms with Crippen molar-refractivity contribution in [3.05, 3.63) is 59.7 Å². The minimum absolute atomic E-state index is 0.668. The molecule has 0 bridgehead atoms. The number of aldehydes is 1. The lowest BCUT2D eigenvalue weighted by Crippen LogP contribution is -1.94. The number of methoxy groups -OCH3 is 1. The number of hydrogen-bond donors (Lipinski definition) is 0. The molecule has 2 aromatic rings. The number of hydrogen-bond acceptors (Lipinski definition) is 3. The third-order valence-corrected chi connectivity index (χ3v) is 2.83. The lowest BCUT2D eigenvalue weighted by Gasteiger charge is -2.03. The third kappa shape index (κ3) is 3.28. The van der Waals surface area contributed by atoms with E-state index in [4.69, 9.17) is 4.74 Å². The molecule has 0 N–H and O–H groups in total. The smallest absolute Gasteiger partial charge is 0.150 e. The highest BCUT2D eigenvalue weighted by Gasteiger charge is 1.99. The fraction of sp³-hybridized carbons (Fsp3) is 0.125. The van der Waals surface area contributed by atoms with Crippen molar-refractivity contribution < 1.29 is 9.53 Å². The summed E-state index contributed by atoms with van der Waals surface area (Å²) in [6.07, 6.45) is 0.833. The minimum Gasteiger partial charge on any atom is -0.497 e. The zero-order valence-electron chi connectivity index (χ0n) is 11.0.